The second-order valence-corrected chi connectivity index (χ2v) is 5.24. The third-order valence-corrected chi connectivity index (χ3v) is 3.82. The van der Waals surface area contributed by atoms with Crippen molar-refractivity contribution in [3.05, 3.63) is 28.8 Å². The molecule has 3 nitrogen and oxygen atoms in total. The third kappa shape index (κ3) is 2.28. The van der Waals surface area contributed by atoms with Gasteiger partial charge in [0.1, 0.15) is 0 Å². The summed E-state index contributed by atoms with van der Waals surface area (Å²) in [5, 5.41) is 0.434. The quantitative estimate of drug-likeness (QED) is 0.783. The van der Waals surface area contributed by atoms with Gasteiger partial charge < -0.3 is 10.6 Å². The maximum atomic E-state index is 12.2. The van der Waals surface area contributed by atoms with Gasteiger partial charge in [-0.2, -0.15) is 11.8 Å². The number of anilines is 1. The molecule has 0 bridgehead atoms. The van der Waals surface area contributed by atoms with Crippen molar-refractivity contribution in [1.82, 2.24) is 4.90 Å². The summed E-state index contributed by atoms with van der Waals surface area (Å²) in [7, 11) is 0. The van der Waals surface area contributed by atoms with E-state index in [0.717, 1.165) is 24.6 Å². The van der Waals surface area contributed by atoms with Crippen molar-refractivity contribution >= 4 is 35.0 Å². The molecule has 16 heavy (non-hydrogen) atoms. The van der Waals surface area contributed by atoms with Gasteiger partial charge in [0.15, 0.2) is 0 Å². The number of nitrogen functional groups attached to an aromatic ring is 1. The first-order valence-corrected chi connectivity index (χ1v) is 6.64. The maximum absolute atomic E-state index is 12.2. The second-order valence-electron chi connectivity index (χ2n) is 3.61. The standard InChI is InChI=1S/C11H13ClN2OS/c12-8-2-1-3-9(13)10(8)11(15)14-4-6-16-7-5-14/h1-3H,4-7,13H2. The first-order valence-electron chi connectivity index (χ1n) is 5.11. The van der Waals surface area contributed by atoms with Crippen LogP contribution in [0.2, 0.25) is 5.02 Å². The molecule has 1 aromatic rings. The van der Waals surface area contributed by atoms with Gasteiger partial charge in [0.05, 0.1) is 10.6 Å². The largest absolute Gasteiger partial charge is 0.398 e. The van der Waals surface area contributed by atoms with E-state index in [4.69, 9.17) is 17.3 Å². The fourth-order valence-electron chi connectivity index (χ4n) is 1.69. The average molecular weight is 257 g/mol. The normalized spacial score (nSPS) is 16.2. The van der Waals surface area contributed by atoms with Crippen molar-refractivity contribution in [2.45, 2.75) is 0 Å². The van der Waals surface area contributed by atoms with E-state index < -0.39 is 0 Å². The minimum atomic E-state index is -0.0524. The molecule has 1 saturated heterocycles. The van der Waals surface area contributed by atoms with E-state index in [1.807, 2.05) is 16.7 Å². The summed E-state index contributed by atoms with van der Waals surface area (Å²) in [6, 6.07) is 5.15. The van der Waals surface area contributed by atoms with Gasteiger partial charge in [-0.15, -0.1) is 0 Å². The summed E-state index contributed by atoms with van der Waals surface area (Å²) in [4.78, 5) is 14.0. The van der Waals surface area contributed by atoms with Gasteiger partial charge in [0, 0.05) is 30.3 Å². The first kappa shape index (κ1) is 11.6. The van der Waals surface area contributed by atoms with Crippen molar-refractivity contribution in [2.75, 3.05) is 30.3 Å². The predicted molar refractivity (Wildman–Crippen MR) is 69.1 cm³/mol. The molecule has 1 fully saturated rings. The van der Waals surface area contributed by atoms with Crippen molar-refractivity contribution in [2.24, 2.45) is 0 Å². The van der Waals surface area contributed by atoms with Crippen LogP contribution in [0.5, 0.6) is 0 Å². The molecule has 0 unspecified atom stereocenters. The predicted octanol–water partition coefficient (Wildman–Crippen LogP) is 2.11. The lowest BCUT2D eigenvalue weighted by Gasteiger charge is -2.27. The zero-order chi connectivity index (χ0) is 11.5. The number of nitrogens with zero attached hydrogens (tertiary/aromatic N) is 1. The molecular weight excluding hydrogens is 244 g/mol. The first-order chi connectivity index (χ1) is 7.70. The van der Waals surface area contributed by atoms with Gasteiger partial charge >= 0.3 is 0 Å². The van der Waals surface area contributed by atoms with E-state index in [9.17, 15) is 4.79 Å². The van der Waals surface area contributed by atoms with Gasteiger partial charge in [-0.05, 0) is 12.1 Å². The number of nitrogens with two attached hydrogens (primary N) is 1. The molecule has 0 radical (unpaired) electrons. The molecule has 0 saturated carbocycles. The summed E-state index contributed by atoms with van der Waals surface area (Å²) in [6.45, 7) is 1.54. The minimum absolute atomic E-state index is 0.0524. The summed E-state index contributed by atoms with van der Waals surface area (Å²) in [5.74, 6) is 1.91. The Kier molecular flexibility index (Phi) is 3.61. The molecule has 1 aliphatic rings. The third-order valence-electron chi connectivity index (χ3n) is 2.56. The number of halogens is 1. The van der Waals surface area contributed by atoms with E-state index in [2.05, 4.69) is 0 Å². The van der Waals surface area contributed by atoms with Crippen LogP contribution in [0.3, 0.4) is 0 Å². The second kappa shape index (κ2) is 4.97. The highest BCUT2D eigenvalue weighted by atomic mass is 35.5. The molecule has 0 spiro atoms. The summed E-state index contributed by atoms with van der Waals surface area (Å²) < 4.78 is 0. The van der Waals surface area contributed by atoms with Crippen LogP contribution in [-0.4, -0.2) is 35.4 Å². The smallest absolute Gasteiger partial charge is 0.257 e. The highest BCUT2D eigenvalue weighted by Crippen LogP contribution is 2.24. The number of thioether (sulfide) groups is 1. The molecule has 0 aliphatic carbocycles. The molecule has 1 aliphatic heterocycles. The number of carbonyl (C=O) groups excluding carboxylic acids is 1. The van der Waals surface area contributed by atoms with Gasteiger partial charge in [-0.3, -0.25) is 4.79 Å². The molecule has 0 atom stereocenters. The summed E-state index contributed by atoms with van der Waals surface area (Å²) in [5.41, 5.74) is 6.69. The van der Waals surface area contributed by atoms with E-state index in [1.165, 1.54) is 0 Å². The topological polar surface area (TPSA) is 46.3 Å². The van der Waals surface area contributed by atoms with E-state index >= 15 is 0 Å². The Hall–Kier alpha value is -0.870. The molecule has 1 amide bonds. The van der Waals surface area contributed by atoms with Crippen molar-refractivity contribution < 1.29 is 4.79 Å². The highest BCUT2D eigenvalue weighted by molar-refractivity contribution is 7.99. The van der Waals surface area contributed by atoms with Gasteiger partial charge in [0.2, 0.25) is 0 Å². The lowest BCUT2D eigenvalue weighted by atomic mass is 10.1. The highest BCUT2D eigenvalue weighted by Gasteiger charge is 2.22. The Morgan fingerprint density at radius 2 is 2.06 bits per heavy atom. The Balaban J connectivity index is 2.26. The summed E-state index contributed by atoms with van der Waals surface area (Å²) in [6.07, 6.45) is 0. The Labute approximate surface area is 104 Å². The van der Waals surface area contributed by atoms with E-state index in [-0.39, 0.29) is 5.91 Å². The van der Waals surface area contributed by atoms with Gasteiger partial charge in [-0.25, -0.2) is 0 Å². The Bertz CT molecular complexity index is 385. The monoisotopic (exact) mass is 256 g/mol. The van der Waals surface area contributed by atoms with Crippen LogP contribution in [0.15, 0.2) is 18.2 Å². The molecule has 1 aromatic carbocycles. The number of carbonyl (C=O) groups is 1. The average Bonchev–Trinajstić information content (AvgIpc) is 2.30. The zero-order valence-corrected chi connectivity index (χ0v) is 10.4. The Morgan fingerprint density at radius 1 is 1.38 bits per heavy atom. The molecule has 0 aromatic heterocycles. The molecule has 2 N–H and O–H groups in total. The number of hydrogen-bond acceptors (Lipinski definition) is 3. The molecule has 5 heteroatoms. The van der Waals surface area contributed by atoms with Crippen LogP contribution in [-0.2, 0) is 0 Å². The van der Waals surface area contributed by atoms with E-state index in [1.54, 1.807) is 18.2 Å². The number of rotatable bonds is 1. The number of benzene rings is 1. The summed E-state index contributed by atoms with van der Waals surface area (Å²) >= 11 is 7.87. The van der Waals surface area contributed by atoms with Gasteiger partial charge in [-0.1, -0.05) is 17.7 Å². The van der Waals surface area contributed by atoms with Crippen molar-refractivity contribution in [1.29, 1.82) is 0 Å². The fraction of sp³-hybridized carbons (Fsp3) is 0.364. The fourth-order valence-corrected chi connectivity index (χ4v) is 2.86. The molecule has 2 rings (SSSR count). The maximum Gasteiger partial charge on any atom is 0.257 e. The van der Waals surface area contributed by atoms with Crippen LogP contribution < -0.4 is 5.73 Å². The van der Waals surface area contributed by atoms with Crippen molar-refractivity contribution in [3.63, 3.8) is 0 Å². The van der Waals surface area contributed by atoms with Crippen LogP contribution >= 0.6 is 23.4 Å². The molecule has 1 heterocycles. The zero-order valence-electron chi connectivity index (χ0n) is 8.78. The minimum Gasteiger partial charge on any atom is -0.398 e. The molecular formula is C11H13ClN2OS. The van der Waals surface area contributed by atoms with Crippen LogP contribution in [0, 0.1) is 0 Å². The lowest BCUT2D eigenvalue weighted by Crippen LogP contribution is -2.38. The van der Waals surface area contributed by atoms with Crippen LogP contribution in [0.25, 0.3) is 0 Å². The Morgan fingerprint density at radius 3 is 2.69 bits per heavy atom. The van der Waals surface area contributed by atoms with E-state index in [0.29, 0.717) is 16.3 Å². The number of amides is 1. The molecule has 86 valence electrons. The van der Waals surface area contributed by atoms with Gasteiger partial charge in [0.25, 0.3) is 5.91 Å². The van der Waals surface area contributed by atoms with Crippen LogP contribution in [0.1, 0.15) is 10.4 Å². The number of hydrogen-bond donors (Lipinski definition) is 1. The van der Waals surface area contributed by atoms with Crippen molar-refractivity contribution in [3.8, 4) is 0 Å². The van der Waals surface area contributed by atoms with Crippen LogP contribution in [0.4, 0.5) is 5.69 Å². The lowest BCUT2D eigenvalue weighted by molar-refractivity contribution is 0.0773. The SMILES string of the molecule is Nc1cccc(Cl)c1C(=O)N1CCSCC1.